The van der Waals surface area contributed by atoms with Crippen molar-refractivity contribution in [3.05, 3.63) is 40.4 Å². The lowest BCUT2D eigenvalue weighted by molar-refractivity contribution is 0.0209. The molecule has 1 aromatic heterocycles. The van der Waals surface area contributed by atoms with Crippen molar-refractivity contribution < 1.29 is 4.74 Å². The third kappa shape index (κ3) is 3.07. The number of morpholine rings is 1. The smallest absolute Gasteiger partial charge is 0.203 e. The Morgan fingerprint density at radius 1 is 1.14 bits per heavy atom. The van der Waals surface area contributed by atoms with Gasteiger partial charge in [-0.1, -0.05) is 17.7 Å². The van der Waals surface area contributed by atoms with Gasteiger partial charge in [0.25, 0.3) is 0 Å². The van der Waals surface area contributed by atoms with Gasteiger partial charge < -0.3 is 4.74 Å². The molecule has 6 heteroatoms. The van der Waals surface area contributed by atoms with Crippen LogP contribution in [-0.2, 0) is 11.4 Å². The van der Waals surface area contributed by atoms with E-state index in [9.17, 15) is 0 Å². The van der Waals surface area contributed by atoms with Crippen molar-refractivity contribution in [3.63, 3.8) is 0 Å². The highest BCUT2D eigenvalue weighted by Crippen LogP contribution is 2.13. The summed E-state index contributed by atoms with van der Waals surface area (Å²) in [7, 11) is 0. The first-order valence-electron chi connectivity index (χ1n) is 7.19. The normalized spacial score (nSPS) is 16.3. The maximum Gasteiger partial charge on any atom is 0.203 e. The average Bonchev–Trinajstić information content (AvgIpc) is 2.76. The highest BCUT2D eigenvalue weighted by atomic mass is 32.1. The van der Waals surface area contributed by atoms with E-state index in [0.29, 0.717) is 0 Å². The van der Waals surface area contributed by atoms with Crippen molar-refractivity contribution in [2.75, 3.05) is 26.3 Å². The molecule has 5 nitrogen and oxygen atoms in total. The molecule has 0 spiro atoms. The summed E-state index contributed by atoms with van der Waals surface area (Å²) in [5.74, 6) is 0.914. The number of nitrogens with zero attached hydrogens (tertiary/aromatic N) is 4. The molecule has 0 amide bonds. The Kier molecular flexibility index (Phi) is 4.19. The first kappa shape index (κ1) is 14.4. The van der Waals surface area contributed by atoms with Crippen molar-refractivity contribution >= 4 is 12.2 Å². The third-order valence-corrected chi connectivity index (χ3v) is 4.12. The van der Waals surface area contributed by atoms with E-state index in [-0.39, 0.29) is 0 Å². The second-order valence-electron chi connectivity index (χ2n) is 5.37. The Balaban J connectivity index is 1.89. The maximum atomic E-state index is 5.60. The van der Waals surface area contributed by atoms with Gasteiger partial charge in [0.05, 0.1) is 19.9 Å². The second kappa shape index (κ2) is 6.09. The molecule has 21 heavy (non-hydrogen) atoms. The van der Waals surface area contributed by atoms with Crippen LogP contribution in [0.5, 0.6) is 0 Å². The van der Waals surface area contributed by atoms with E-state index in [1.165, 1.54) is 5.56 Å². The summed E-state index contributed by atoms with van der Waals surface area (Å²) in [6.45, 7) is 8.22. The number of benzene rings is 1. The Morgan fingerprint density at radius 2 is 1.81 bits per heavy atom. The molecule has 0 atom stereocenters. The fourth-order valence-corrected chi connectivity index (χ4v) is 2.87. The van der Waals surface area contributed by atoms with Gasteiger partial charge in [-0.25, -0.2) is 4.68 Å². The van der Waals surface area contributed by atoms with Crippen LogP contribution in [0.1, 0.15) is 11.4 Å². The molecule has 3 rings (SSSR count). The summed E-state index contributed by atoms with van der Waals surface area (Å²) in [4.78, 5) is 2.31. The number of rotatable bonds is 3. The minimum atomic E-state index is 0.724. The topological polar surface area (TPSA) is 35.2 Å². The standard InChI is InChI=1S/C15H20N4OS/c1-12-3-5-14(6-4-12)19-13(2)16-18(15(19)21)11-17-7-9-20-10-8-17/h3-6H,7-11H2,1-2H3. The lowest BCUT2D eigenvalue weighted by Gasteiger charge is -2.26. The first-order valence-corrected chi connectivity index (χ1v) is 7.59. The Hall–Kier alpha value is -1.50. The van der Waals surface area contributed by atoms with Gasteiger partial charge in [0.15, 0.2) is 0 Å². The lowest BCUT2D eigenvalue weighted by Crippen LogP contribution is -2.37. The van der Waals surface area contributed by atoms with Crippen LogP contribution in [-0.4, -0.2) is 45.6 Å². The maximum absolute atomic E-state index is 5.60. The molecule has 1 aliphatic heterocycles. The molecule has 1 fully saturated rings. The van der Waals surface area contributed by atoms with Crippen LogP contribution in [0.25, 0.3) is 5.69 Å². The van der Waals surface area contributed by atoms with Crippen molar-refractivity contribution in [2.24, 2.45) is 0 Å². The Labute approximate surface area is 129 Å². The van der Waals surface area contributed by atoms with Gasteiger partial charge >= 0.3 is 0 Å². The highest BCUT2D eigenvalue weighted by Gasteiger charge is 2.14. The molecule has 112 valence electrons. The second-order valence-corrected chi connectivity index (χ2v) is 5.74. The fourth-order valence-electron chi connectivity index (χ4n) is 2.53. The monoisotopic (exact) mass is 304 g/mol. The molecule has 0 aliphatic carbocycles. The number of aromatic nitrogens is 3. The van der Waals surface area contributed by atoms with Gasteiger partial charge in [-0.2, -0.15) is 5.10 Å². The molecule has 0 saturated carbocycles. The van der Waals surface area contributed by atoms with Crippen LogP contribution >= 0.6 is 12.2 Å². The summed E-state index contributed by atoms with van der Waals surface area (Å²) in [5, 5.41) is 4.60. The van der Waals surface area contributed by atoms with Gasteiger partial charge in [0.2, 0.25) is 4.77 Å². The zero-order chi connectivity index (χ0) is 14.8. The van der Waals surface area contributed by atoms with Crippen molar-refractivity contribution in [2.45, 2.75) is 20.5 Å². The molecule has 1 saturated heterocycles. The number of aryl methyl sites for hydroxylation is 2. The van der Waals surface area contributed by atoms with E-state index >= 15 is 0 Å². The van der Waals surface area contributed by atoms with Crippen LogP contribution in [0.2, 0.25) is 0 Å². The first-order chi connectivity index (χ1) is 10.1. The quantitative estimate of drug-likeness (QED) is 0.815. The molecule has 0 radical (unpaired) electrons. The largest absolute Gasteiger partial charge is 0.379 e. The summed E-state index contributed by atoms with van der Waals surface area (Å²) in [5.41, 5.74) is 2.31. The minimum absolute atomic E-state index is 0.724. The van der Waals surface area contributed by atoms with Crippen LogP contribution < -0.4 is 0 Å². The predicted octanol–water partition coefficient (Wildman–Crippen LogP) is 2.31. The molecule has 0 unspecified atom stereocenters. The van der Waals surface area contributed by atoms with Crippen LogP contribution in [0.3, 0.4) is 0 Å². The van der Waals surface area contributed by atoms with Gasteiger partial charge in [-0.3, -0.25) is 9.47 Å². The van der Waals surface area contributed by atoms with Crippen molar-refractivity contribution in [3.8, 4) is 5.69 Å². The van der Waals surface area contributed by atoms with Crippen molar-refractivity contribution in [1.29, 1.82) is 0 Å². The summed E-state index contributed by atoms with van der Waals surface area (Å²) in [6.07, 6.45) is 0. The summed E-state index contributed by atoms with van der Waals surface area (Å²) in [6, 6.07) is 8.35. The molecule has 0 bridgehead atoms. The van der Waals surface area contributed by atoms with E-state index in [4.69, 9.17) is 17.0 Å². The number of hydrogen-bond donors (Lipinski definition) is 0. The molecule has 1 aromatic carbocycles. The Bertz CT molecular complexity index is 668. The zero-order valence-corrected chi connectivity index (χ0v) is 13.3. The minimum Gasteiger partial charge on any atom is -0.379 e. The average molecular weight is 304 g/mol. The molecule has 2 aromatic rings. The van der Waals surface area contributed by atoms with Gasteiger partial charge in [-0.15, -0.1) is 0 Å². The van der Waals surface area contributed by atoms with Gasteiger partial charge in [-0.05, 0) is 38.2 Å². The molecular formula is C15H20N4OS. The zero-order valence-electron chi connectivity index (χ0n) is 12.5. The predicted molar refractivity (Wildman–Crippen MR) is 84.3 cm³/mol. The lowest BCUT2D eigenvalue weighted by atomic mass is 10.2. The summed E-state index contributed by atoms with van der Waals surface area (Å²) >= 11 is 5.60. The Morgan fingerprint density at radius 3 is 2.48 bits per heavy atom. The number of ether oxygens (including phenoxy) is 1. The van der Waals surface area contributed by atoms with Gasteiger partial charge in [0, 0.05) is 18.8 Å². The van der Waals surface area contributed by atoms with E-state index in [0.717, 1.165) is 49.3 Å². The fraction of sp³-hybridized carbons (Fsp3) is 0.467. The number of hydrogen-bond acceptors (Lipinski definition) is 4. The van der Waals surface area contributed by atoms with E-state index in [1.54, 1.807) is 0 Å². The highest BCUT2D eigenvalue weighted by molar-refractivity contribution is 7.71. The van der Waals surface area contributed by atoms with Gasteiger partial charge in [0.1, 0.15) is 5.82 Å². The van der Waals surface area contributed by atoms with E-state index < -0.39 is 0 Å². The van der Waals surface area contributed by atoms with Crippen LogP contribution in [0.15, 0.2) is 24.3 Å². The van der Waals surface area contributed by atoms with Crippen molar-refractivity contribution in [1.82, 2.24) is 19.2 Å². The molecule has 0 N–H and O–H groups in total. The molecule has 1 aliphatic rings. The summed E-state index contributed by atoms with van der Waals surface area (Å²) < 4.78 is 10.0. The molecule has 2 heterocycles. The third-order valence-electron chi connectivity index (χ3n) is 3.73. The SMILES string of the molecule is Cc1ccc(-n2c(C)nn(CN3CCOCC3)c2=S)cc1. The van der Waals surface area contributed by atoms with Crippen LogP contribution in [0.4, 0.5) is 0 Å². The van der Waals surface area contributed by atoms with E-state index in [1.807, 2.05) is 16.2 Å². The molecular weight excluding hydrogens is 284 g/mol. The van der Waals surface area contributed by atoms with Crippen LogP contribution in [0, 0.1) is 18.6 Å². The van der Waals surface area contributed by atoms with E-state index in [2.05, 4.69) is 41.2 Å².